The van der Waals surface area contributed by atoms with Crippen LogP contribution in [0.2, 0.25) is 0 Å². The highest BCUT2D eigenvalue weighted by molar-refractivity contribution is 5.89. The van der Waals surface area contributed by atoms with Crippen molar-refractivity contribution in [2.75, 3.05) is 20.8 Å². The fourth-order valence-corrected chi connectivity index (χ4v) is 4.05. The SMILES string of the molecule is CCC(CC)(C(=O)N1CCC(C(=O)O)C1C)c1ccc(OC)c(OC)c1. The summed E-state index contributed by atoms with van der Waals surface area (Å²) < 4.78 is 10.7. The van der Waals surface area contributed by atoms with Gasteiger partial charge in [-0.1, -0.05) is 19.9 Å². The van der Waals surface area contributed by atoms with Gasteiger partial charge in [-0.2, -0.15) is 0 Å². The largest absolute Gasteiger partial charge is 0.493 e. The fourth-order valence-electron chi connectivity index (χ4n) is 4.05. The molecule has 6 heteroatoms. The van der Waals surface area contributed by atoms with Crippen LogP contribution in [-0.4, -0.2) is 48.7 Å². The summed E-state index contributed by atoms with van der Waals surface area (Å²) in [6.07, 6.45) is 1.75. The van der Waals surface area contributed by atoms with Crippen molar-refractivity contribution >= 4 is 11.9 Å². The van der Waals surface area contributed by atoms with Gasteiger partial charge >= 0.3 is 5.97 Å². The van der Waals surface area contributed by atoms with Crippen LogP contribution < -0.4 is 9.47 Å². The molecule has 144 valence electrons. The number of hydrogen-bond acceptors (Lipinski definition) is 4. The summed E-state index contributed by atoms with van der Waals surface area (Å²) in [6, 6.07) is 5.27. The topological polar surface area (TPSA) is 76.1 Å². The Kier molecular flexibility index (Phi) is 6.16. The van der Waals surface area contributed by atoms with Gasteiger partial charge in [0.05, 0.1) is 25.6 Å². The van der Waals surface area contributed by atoms with Crippen LogP contribution in [0.3, 0.4) is 0 Å². The first-order chi connectivity index (χ1) is 12.4. The van der Waals surface area contributed by atoms with Gasteiger partial charge in [0.15, 0.2) is 11.5 Å². The zero-order valence-electron chi connectivity index (χ0n) is 16.2. The molecule has 1 aliphatic heterocycles. The van der Waals surface area contributed by atoms with Gasteiger partial charge in [0, 0.05) is 12.6 Å². The first-order valence-electron chi connectivity index (χ1n) is 9.12. The molecule has 0 saturated carbocycles. The molecule has 2 atom stereocenters. The normalized spacial score (nSPS) is 20.1. The zero-order chi connectivity index (χ0) is 19.5. The number of benzene rings is 1. The molecule has 2 rings (SSSR count). The molecule has 0 radical (unpaired) electrons. The Morgan fingerprint density at radius 1 is 1.19 bits per heavy atom. The Balaban J connectivity index is 2.44. The minimum Gasteiger partial charge on any atom is -0.493 e. The van der Waals surface area contributed by atoms with E-state index in [0.717, 1.165) is 5.56 Å². The van der Waals surface area contributed by atoms with E-state index >= 15 is 0 Å². The minimum absolute atomic E-state index is 0.00836. The third kappa shape index (κ3) is 3.24. The molecule has 1 N–H and O–H groups in total. The van der Waals surface area contributed by atoms with Crippen LogP contribution in [0.4, 0.5) is 0 Å². The Hall–Kier alpha value is -2.24. The molecule has 6 nitrogen and oxygen atoms in total. The molecule has 1 saturated heterocycles. The Labute approximate surface area is 155 Å². The second-order valence-corrected chi connectivity index (χ2v) is 6.83. The van der Waals surface area contributed by atoms with E-state index in [1.54, 1.807) is 19.1 Å². The van der Waals surface area contributed by atoms with E-state index in [2.05, 4.69) is 0 Å². The molecule has 1 aromatic rings. The molecule has 1 fully saturated rings. The summed E-state index contributed by atoms with van der Waals surface area (Å²) in [7, 11) is 3.15. The number of carbonyl (C=O) groups excluding carboxylic acids is 1. The molecule has 0 bridgehead atoms. The second-order valence-electron chi connectivity index (χ2n) is 6.83. The van der Waals surface area contributed by atoms with E-state index < -0.39 is 17.3 Å². The number of amides is 1. The van der Waals surface area contributed by atoms with Gasteiger partial charge in [-0.25, -0.2) is 0 Å². The summed E-state index contributed by atoms with van der Waals surface area (Å²) in [5.74, 6) is -0.147. The van der Waals surface area contributed by atoms with Gasteiger partial charge in [-0.05, 0) is 43.9 Å². The minimum atomic E-state index is -0.836. The highest BCUT2D eigenvalue weighted by Gasteiger charge is 2.46. The highest BCUT2D eigenvalue weighted by Crippen LogP contribution is 2.40. The van der Waals surface area contributed by atoms with Crippen molar-refractivity contribution in [3.8, 4) is 11.5 Å². The van der Waals surface area contributed by atoms with Crippen molar-refractivity contribution in [2.24, 2.45) is 5.92 Å². The first kappa shape index (κ1) is 20.1. The molecule has 1 aliphatic rings. The van der Waals surface area contributed by atoms with Gasteiger partial charge < -0.3 is 19.5 Å². The molecule has 0 aliphatic carbocycles. The van der Waals surface area contributed by atoms with E-state index in [-0.39, 0.29) is 11.9 Å². The fraction of sp³-hybridized carbons (Fsp3) is 0.600. The monoisotopic (exact) mass is 363 g/mol. The van der Waals surface area contributed by atoms with Crippen molar-refractivity contribution in [3.63, 3.8) is 0 Å². The van der Waals surface area contributed by atoms with E-state index in [9.17, 15) is 14.7 Å². The number of nitrogens with zero attached hydrogens (tertiary/aromatic N) is 1. The van der Waals surface area contributed by atoms with Gasteiger partial charge in [0.2, 0.25) is 5.91 Å². The molecule has 2 unspecified atom stereocenters. The second kappa shape index (κ2) is 7.98. The van der Waals surface area contributed by atoms with E-state index in [1.807, 2.05) is 39.0 Å². The van der Waals surface area contributed by atoms with E-state index in [0.29, 0.717) is 37.3 Å². The third-order valence-electron chi connectivity index (χ3n) is 5.89. The van der Waals surface area contributed by atoms with Crippen LogP contribution in [0.5, 0.6) is 11.5 Å². The number of carboxylic acids is 1. The number of ether oxygens (including phenoxy) is 2. The lowest BCUT2D eigenvalue weighted by Gasteiger charge is -2.37. The summed E-state index contributed by atoms with van der Waals surface area (Å²) in [6.45, 7) is 6.29. The number of methoxy groups -OCH3 is 2. The maximum atomic E-state index is 13.5. The molecule has 26 heavy (non-hydrogen) atoms. The number of hydrogen-bond donors (Lipinski definition) is 1. The zero-order valence-corrected chi connectivity index (χ0v) is 16.2. The van der Waals surface area contributed by atoms with Gasteiger partial charge in [0.1, 0.15) is 0 Å². The van der Waals surface area contributed by atoms with Crippen LogP contribution in [0.25, 0.3) is 0 Å². The third-order valence-corrected chi connectivity index (χ3v) is 5.89. The van der Waals surface area contributed by atoms with Crippen LogP contribution >= 0.6 is 0 Å². The first-order valence-corrected chi connectivity index (χ1v) is 9.12. The summed E-state index contributed by atoms with van der Waals surface area (Å²) in [4.78, 5) is 26.7. The van der Waals surface area contributed by atoms with Crippen molar-refractivity contribution in [3.05, 3.63) is 23.8 Å². The summed E-state index contributed by atoms with van der Waals surface area (Å²) in [5.41, 5.74) is 0.164. The number of rotatable bonds is 7. The van der Waals surface area contributed by atoms with Crippen molar-refractivity contribution in [1.29, 1.82) is 0 Å². The smallest absolute Gasteiger partial charge is 0.308 e. The molecular formula is C20H29NO5. The predicted molar refractivity (Wildman–Crippen MR) is 98.7 cm³/mol. The molecular weight excluding hydrogens is 334 g/mol. The average molecular weight is 363 g/mol. The number of carbonyl (C=O) groups is 2. The van der Waals surface area contributed by atoms with Gasteiger partial charge in [-0.3, -0.25) is 9.59 Å². The Morgan fingerprint density at radius 2 is 1.81 bits per heavy atom. The summed E-state index contributed by atoms with van der Waals surface area (Å²) >= 11 is 0. The lowest BCUT2D eigenvalue weighted by atomic mass is 9.74. The molecule has 1 heterocycles. The van der Waals surface area contributed by atoms with Crippen LogP contribution in [0.1, 0.15) is 45.6 Å². The maximum Gasteiger partial charge on any atom is 0.308 e. The number of likely N-dealkylation sites (tertiary alicyclic amines) is 1. The Bertz CT molecular complexity index is 668. The van der Waals surface area contributed by atoms with E-state index in [1.165, 1.54) is 0 Å². The molecule has 1 aromatic carbocycles. The lowest BCUT2D eigenvalue weighted by Crippen LogP contribution is -2.49. The maximum absolute atomic E-state index is 13.5. The van der Waals surface area contributed by atoms with Crippen LogP contribution in [0.15, 0.2) is 18.2 Å². The predicted octanol–water partition coefficient (Wildman–Crippen LogP) is 3.08. The average Bonchev–Trinajstić information content (AvgIpc) is 3.04. The molecule has 1 amide bonds. The van der Waals surface area contributed by atoms with Crippen molar-refractivity contribution in [1.82, 2.24) is 4.90 Å². The van der Waals surface area contributed by atoms with Crippen LogP contribution in [0, 0.1) is 5.92 Å². The highest BCUT2D eigenvalue weighted by atomic mass is 16.5. The quantitative estimate of drug-likeness (QED) is 0.806. The van der Waals surface area contributed by atoms with E-state index in [4.69, 9.17) is 9.47 Å². The number of carboxylic acid groups (broad SMARTS) is 1. The van der Waals surface area contributed by atoms with Crippen LogP contribution in [-0.2, 0) is 15.0 Å². The van der Waals surface area contributed by atoms with Gasteiger partial charge in [0.25, 0.3) is 0 Å². The molecule has 0 aromatic heterocycles. The number of aliphatic carboxylic acids is 1. The standard InChI is InChI=1S/C20H29NO5/c1-6-20(7-2,14-8-9-16(25-4)17(12-14)26-5)19(24)21-11-10-15(13(21)3)18(22)23/h8-9,12-13,15H,6-7,10-11H2,1-5H3,(H,22,23). The Morgan fingerprint density at radius 3 is 2.27 bits per heavy atom. The van der Waals surface area contributed by atoms with Crippen molar-refractivity contribution < 1.29 is 24.2 Å². The van der Waals surface area contributed by atoms with Gasteiger partial charge in [-0.15, -0.1) is 0 Å². The van der Waals surface area contributed by atoms with Crippen molar-refractivity contribution in [2.45, 2.75) is 51.5 Å². The summed E-state index contributed by atoms with van der Waals surface area (Å²) in [5, 5.41) is 9.38. The lowest BCUT2D eigenvalue weighted by molar-refractivity contribution is -0.144. The molecule has 0 spiro atoms.